The van der Waals surface area contributed by atoms with Gasteiger partial charge in [-0.25, -0.2) is 14.6 Å². The van der Waals surface area contributed by atoms with Gasteiger partial charge in [0.2, 0.25) is 0 Å². The lowest BCUT2D eigenvalue weighted by Gasteiger charge is -2.26. The Labute approximate surface area is 142 Å². The highest BCUT2D eigenvalue weighted by Crippen LogP contribution is 2.22. The first kappa shape index (κ1) is 18.6. The summed E-state index contributed by atoms with van der Waals surface area (Å²) < 4.78 is 10.7. The molecule has 2 N–H and O–H groups in total. The standard InChI is InChI=1S/C16H22BNO6/c1-16(2,3)22-15(20)18-7-13-11-5-4-6-12(14(11)17)21-9-10(8-19)23-24-13/h4-6,10,13,19H,7-9H2,1-3H3,(H,18,20)/q-1. The molecule has 1 aromatic rings. The second-order valence-corrected chi connectivity index (χ2v) is 6.44. The summed E-state index contributed by atoms with van der Waals surface area (Å²) in [6, 6.07) is 5.24. The number of fused-ring (bicyclic) bond motifs is 2. The van der Waals surface area contributed by atoms with Gasteiger partial charge in [0.1, 0.15) is 24.4 Å². The summed E-state index contributed by atoms with van der Waals surface area (Å²) >= 11 is 0. The minimum absolute atomic E-state index is 0.0840. The Morgan fingerprint density at radius 3 is 2.83 bits per heavy atom. The minimum Gasteiger partial charge on any atom is -0.575 e. The second kappa shape index (κ2) is 7.87. The molecule has 3 radical (unpaired) electrons. The summed E-state index contributed by atoms with van der Waals surface area (Å²) in [4.78, 5) is 22.4. The number of alkyl carbamates (subject to hydrolysis) is 1. The number of carbonyl (C=O) groups is 1. The van der Waals surface area contributed by atoms with Crippen LogP contribution in [0.1, 0.15) is 32.4 Å². The first-order chi connectivity index (χ1) is 11.3. The van der Waals surface area contributed by atoms with E-state index in [1.54, 1.807) is 39.0 Å². The highest BCUT2D eigenvalue weighted by atomic mass is 17.2. The van der Waals surface area contributed by atoms with Crippen LogP contribution in [-0.4, -0.2) is 50.5 Å². The Bertz CT molecular complexity index is 574. The molecule has 0 aliphatic carbocycles. The molecule has 1 aromatic carbocycles. The summed E-state index contributed by atoms with van der Waals surface area (Å²) in [5, 5.41) is 11.9. The lowest BCUT2D eigenvalue weighted by atomic mass is 9.87. The molecular weight excluding hydrogens is 313 g/mol. The van der Waals surface area contributed by atoms with E-state index in [4.69, 9.17) is 27.1 Å². The van der Waals surface area contributed by atoms with Crippen LogP contribution in [0.15, 0.2) is 18.2 Å². The van der Waals surface area contributed by atoms with Gasteiger partial charge in [-0.05, 0) is 26.8 Å². The highest BCUT2D eigenvalue weighted by Gasteiger charge is 2.22. The van der Waals surface area contributed by atoms with Gasteiger partial charge in [-0.15, -0.1) is 0 Å². The summed E-state index contributed by atoms with van der Waals surface area (Å²) in [7, 11) is 6.10. The van der Waals surface area contributed by atoms with Crippen LogP contribution in [0.25, 0.3) is 0 Å². The van der Waals surface area contributed by atoms with E-state index < -0.39 is 23.9 Å². The first-order valence-electron chi connectivity index (χ1n) is 7.71. The molecule has 1 amide bonds. The molecule has 1 heterocycles. The van der Waals surface area contributed by atoms with Crippen molar-refractivity contribution < 1.29 is 29.1 Å². The predicted octanol–water partition coefficient (Wildman–Crippen LogP) is 0.748. The maximum absolute atomic E-state index is 11.8. The Morgan fingerprint density at radius 1 is 1.42 bits per heavy atom. The number of amides is 1. The molecule has 7 nitrogen and oxygen atoms in total. The van der Waals surface area contributed by atoms with Crippen LogP contribution < -0.4 is 15.5 Å². The summed E-state index contributed by atoms with van der Waals surface area (Å²) in [5.74, 6) is 0.474. The molecule has 2 rings (SSSR count). The first-order valence-corrected chi connectivity index (χ1v) is 7.71. The average molecular weight is 335 g/mol. The second-order valence-electron chi connectivity index (χ2n) is 6.44. The van der Waals surface area contributed by atoms with Gasteiger partial charge in [-0.1, -0.05) is 17.7 Å². The van der Waals surface area contributed by atoms with Crippen molar-refractivity contribution in [1.29, 1.82) is 0 Å². The molecule has 2 bridgehead atoms. The third kappa shape index (κ3) is 5.12. The third-order valence-corrected chi connectivity index (χ3v) is 3.21. The minimum atomic E-state index is -0.673. The van der Waals surface area contributed by atoms with Crippen molar-refractivity contribution in [2.24, 2.45) is 0 Å². The van der Waals surface area contributed by atoms with Crippen LogP contribution in [0.2, 0.25) is 0 Å². The zero-order valence-corrected chi connectivity index (χ0v) is 14.1. The number of aliphatic hydroxyl groups is 1. The fourth-order valence-electron chi connectivity index (χ4n) is 2.09. The monoisotopic (exact) mass is 335 g/mol. The summed E-state index contributed by atoms with van der Waals surface area (Å²) in [6.07, 6.45) is -1.91. The fraction of sp³-hybridized carbons (Fsp3) is 0.562. The number of ether oxygens (including phenoxy) is 2. The van der Waals surface area contributed by atoms with Gasteiger partial charge in [0.05, 0.1) is 18.9 Å². The molecule has 2 unspecified atom stereocenters. The molecule has 1 aliphatic rings. The number of rotatable bonds is 3. The molecule has 131 valence electrons. The van der Waals surface area contributed by atoms with Gasteiger partial charge in [-0.2, -0.15) is 0 Å². The largest absolute Gasteiger partial charge is 0.575 e. The predicted molar refractivity (Wildman–Crippen MR) is 87.3 cm³/mol. The van der Waals surface area contributed by atoms with Crippen molar-refractivity contribution in [2.45, 2.75) is 38.6 Å². The Morgan fingerprint density at radius 2 is 2.17 bits per heavy atom. The number of hydrogen-bond acceptors (Lipinski definition) is 6. The number of aliphatic hydroxyl groups excluding tert-OH is 1. The van der Waals surface area contributed by atoms with E-state index in [0.29, 0.717) is 16.8 Å². The van der Waals surface area contributed by atoms with Gasteiger partial charge < -0.3 is 27.7 Å². The van der Waals surface area contributed by atoms with E-state index in [2.05, 4.69) is 5.32 Å². The number of nitrogens with one attached hydrogen (secondary N) is 1. The summed E-state index contributed by atoms with van der Waals surface area (Å²) in [5.41, 5.74) is 0.409. The van der Waals surface area contributed by atoms with E-state index in [0.717, 1.165) is 0 Å². The maximum Gasteiger partial charge on any atom is 0.407 e. The Hall–Kier alpha value is -1.77. The normalized spacial score (nSPS) is 21.0. The quantitative estimate of drug-likeness (QED) is 0.626. The molecule has 0 aromatic heterocycles. The average Bonchev–Trinajstić information content (AvgIpc) is 2.52. The summed E-state index contributed by atoms with van der Waals surface area (Å²) in [6.45, 7) is 5.23. The van der Waals surface area contributed by atoms with Gasteiger partial charge >= 0.3 is 6.09 Å². The van der Waals surface area contributed by atoms with Crippen molar-refractivity contribution in [3.63, 3.8) is 0 Å². The topological polar surface area (TPSA) is 86.3 Å². The van der Waals surface area contributed by atoms with Gasteiger partial charge in [-0.3, -0.25) is 5.46 Å². The fourth-order valence-corrected chi connectivity index (χ4v) is 2.09. The van der Waals surface area contributed by atoms with E-state index in [-0.39, 0.29) is 19.8 Å². The van der Waals surface area contributed by atoms with Crippen molar-refractivity contribution in [3.05, 3.63) is 23.8 Å². The van der Waals surface area contributed by atoms with Crippen LogP contribution in [0, 0.1) is 0 Å². The van der Waals surface area contributed by atoms with Crippen LogP contribution >= 0.6 is 0 Å². The van der Waals surface area contributed by atoms with Gasteiger partial charge in [0, 0.05) is 0 Å². The van der Waals surface area contributed by atoms with Crippen LogP contribution in [0.3, 0.4) is 0 Å². The Balaban J connectivity index is 2.12. The molecule has 1 aliphatic heterocycles. The number of benzene rings is 1. The van der Waals surface area contributed by atoms with Gasteiger partial charge in [0.25, 0.3) is 0 Å². The molecule has 24 heavy (non-hydrogen) atoms. The van der Waals surface area contributed by atoms with E-state index in [1.807, 2.05) is 0 Å². The van der Waals surface area contributed by atoms with Crippen LogP contribution in [0.4, 0.5) is 4.79 Å². The molecule has 8 heteroatoms. The molecular formula is C16H22BNO6-. The van der Waals surface area contributed by atoms with Crippen LogP contribution in [-0.2, 0) is 14.5 Å². The van der Waals surface area contributed by atoms with E-state index in [9.17, 15) is 9.90 Å². The molecule has 0 saturated heterocycles. The zero-order valence-electron chi connectivity index (χ0n) is 14.1. The van der Waals surface area contributed by atoms with Gasteiger partial charge in [0.15, 0.2) is 0 Å². The number of hydrogen-bond donors (Lipinski definition) is 2. The van der Waals surface area contributed by atoms with Crippen molar-refractivity contribution in [1.82, 2.24) is 5.32 Å². The smallest absolute Gasteiger partial charge is 0.407 e. The van der Waals surface area contributed by atoms with Crippen LogP contribution in [0.5, 0.6) is 5.75 Å². The number of carbonyl (C=O) groups excluding carboxylic acids is 1. The lowest BCUT2D eigenvalue weighted by Crippen LogP contribution is -2.36. The Kier molecular flexibility index (Phi) is 6.09. The third-order valence-electron chi connectivity index (χ3n) is 3.21. The lowest BCUT2D eigenvalue weighted by molar-refractivity contribution is -0.358. The van der Waals surface area contributed by atoms with E-state index >= 15 is 0 Å². The maximum atomic E-state index is 11.8. The molecule has 0 spiro atoms. The van der Waals surface area contributed by atoms with Crippen molar-refractivity contribution in [3.8, 4) is 5.75 Å². The van der Waals surface area contributed by atoms with Crippen molar-refractivity contribution in [2.75, 3.05) is 19.8 Å². The SMILES string of the molecule is [B-]c1c2cccc1C(CNC(=O)OC(C)(C)C)OOC(CO)CO2. The molecule has 2 atom stereocenters. The van der Waals surface area contributed by atoms with Crippen molar-refractivity contribution >= 4 is 19.4 Å². The molecule has 0 fully saturated rings. The van der Waals surface area contributed by atoms with E-state index in [1.165, 1.54) is 0 Å². The highest BCUT2D eigenvalue weighted by molar-refractivity contribution is 6.35. The zero-order chi connectivity index (χ0) is 17.7. The molecule has 0 saturated carbocycles.